The minimum Gasteiger partial charge on any atom is -0.299 e. The van der Waals surface area contributed by atoms with Crippen molar-refractivity contribution in [2.45, 2.75) is 12.3 Å². The zero-order chi connectivity index (χ0) is 11.5. The van der Waals surface area contributed by atoms with Gasteiger partial charge < -0.3 is 0 Å². The van der Waals surface area contributed by atoms with Crippen LogP contribution in [0.5, 0.6) is 0 Å². The summed E-state index contributed by atoms with van der Waals surface area (Å²) in [5.74, 6) is 1.34. The molecule has 86 valence electrons. The molecule has 1 aromatic rings. The molecular formula is C12H14BrNOS. The highest BCUT2D eigenvalue weighted by molar-refractivity contribution is 9.10. The van der Waals surface area contributed by atoms with E-state index in [1.807, 2.05) is 23.9 Å². The largest absolute Gasteiger partial charge is 0.299 e. The zero-order valence-corrected chi connectivity index (χ0v) is 11.6. The van der Waals surface area contributed by atoms with Crippen LogP contribution in [0.1, 0.15) is 17.9 Å². The van der Waals surface area contributed by atoms with E-state index < -0.39 is 0 Å². The number of thioether (sulfide) groups is 1. The Hall–Kier alpha value is -0.320. The lowest BCUT2D eigenvalue weighted by Gasteiger charge is -2.22. The van der Waals surface area contributed by atoms with E-state index in [1.165, 1.54) is 5.56 Å². The summed E-state index contributed by atoms with van der Waals surface area (Å²) >= 11 is 5.39. The van der Waals surface area contributed by atoms with Gasteiger partial charge in [0.2, 0.25) is 0 Å². The Morgan fingerprint density at radius 2 is 2.44 bits per heavy atom. The summed E-state index contributed by atoms with van der Waals surface area (Å²) in [7, 11) is 0. The van der Waals surface area contributed by atoms with Crippen LogP contribution in [0.25, 0.3) is 0 Å². The maximum absolute atomic E-state index is 11.2. The molecule has 0 spiro atoms. The Morgan fingerprint density at radius 1 is 1.62 bits per heavy atom. The van der Waals surface area contributed by atoms with Crippen molar-refractivity contribution in [1.29, 1.82) is 0 Å². The summed E-state index contributed by atoms with van der Waals surface area (Å²) in [5, 5.41) is 0.335. The van der Waals surface area contributed by atoms with Gasteiger partial charge in [0.15, 0.2) is 0 Å². The quantitative estimate of drug-likeness (QED) is 0.855. The molecule has 16 heavy (non-hydrogen) atoms. The summed E-state index contributed by atoms with van der Waals surface area (Å²) < 4.78 is 1.10. The molecule has 0 aromatic heterocycles. The molecule has 1 aliphatic rings. The number of rotatable bonds is 3. The average Bonchev–Trinajstić information content (AvgIpc) is 2.65. The van der Waals surface area contributed by atoms with Gasteiger partial charge in [-0.05, 0) is 24.6 Å². The van der Waals surface area contributed by atoms with Gasteiger partial charge in [0, 0.05) is 16.8 Å². The summed E-state index contributed by atoms with van der Waals surface area (Å²) in [6.07, 6.45) is 0. The van der Waals surface area contributed by atoms with Gasteiger partial charge in [-0.2, -0.15) is 0 Å². The van der Waals surface area contributed by atoms with E-state index in [4.69, 9.17) is 0 Å². The molecule has 0 amide bonds. The van der Waals surface area contributed by atoms with Crippen LogP contribution in [0.15, 0.2) is 28.7 Å². The van der Waals surface area contributed by atoms with Gasteiger partial charge in [-0.1, -0.05) is 28.1 Å². The molecule has 2 nitrogen and oxygen atoms in total. The average molecular weight is 300 g/mol. The van der Waals surface area contributed by atoms with Crippen LogP contribution in [0.3, 0.4) is 0 Å². The number of nitrogens with zero attached hydrogens (tertiary/aromatic N) is 1. The second-order valence-corrected chi connectivity index (χ2v) is 6.05. The Kier molecular flexibility index (Phi) is 4.05. The third kappa shape index (κ3) is 2.87. The van der Waals surface area contributed by atoms with Crippen molar-refractivity contribution in [3.63, 3.8) is 0 Å². The van der Waals surface area contributed by atoms with Crippen molar-refractivity contribution >= 4 is 33.5 Å². The van der Waals surface area contributed by atoms with Gasteiger partial charge in [0.05, 0.1) is 11.9 Å². The van der Waals surface area contributed by atoms with E-state index in [2.05, 4.69) is 33.0 Å². The van der Waals surface area contributed by atoms with Gasteiger partial charge in [-0.3, -0.25) is 9.69 Å². The number of halogens is 1. The fourth-order valence-electron chi connectivity index (χ4n) is 1.92. The van der Waals surface area contributed by atoms with Crippen molar-refractivity contribution in [3.05, 3.63) is 34.3 Å². The molecule has 2 rings (SSSR count). The summed E-state index contributed by atoms with van der Waals surface area (Å²) in [4.78, 5) is 13.4. The fraction of sp³-hybridized carbons (Fsp3) is 0.417. The third-order valence-corrected chi connectivity index (χ3v) is 4.34. The molecule has 0 bridgehead atoms. The van der Waals surface area contributed by atoms with Crippen LogP contribution in [0.4, 0.5) is 0 Å². The summed E-state index contributed by atoms with van der Waals surface area (Å²) in [5.41, 5.74) is 1.28. The van der Waals surface area contributed by atoms with Crippen molar-refractivity contribution in [3.8, 4) is 0 Å². The van der Waals surface area contributed by atoms with Crippen molar-refractivity contribution in [2.75, 3.05) is 18.8 Å². The van der Waals surface area contributed by atoms with Crippen molar-refractivity contribution < 1.29 is 4.79 Å². The molecule has 4 heteroatoms. The standard InChI is InChI=1S/C12H14BrNOS/c1-9(15)8-14-5-6-16-12(14)10-3-2-4-11(13)7-10/h2-4,7,12H,5-6,8H2,1H3. The number of ketones is 1. The first kappa shape index (κ1) is 12.1. The molecule has 1 fully saturated rings. The van der Waals surface area contributed by atoms with Gasteiger partial charge >= 0.3 is 0 Å². The first-order valence-electron chi connectivity index (χ1n) is 5.27. The van der Waals surface area contributed by atoms with Crippen molar-refractivity contribution in [1.82, 2.24) is 4.90 Å². The second-order valence-electron chi connectivity index (χ2n) is 3.95. The summed E-state index contributed by atoms with van der Waals surface area (Å²) in [6, 6.07) is 8.33. The lowest BCUT2D eigenvalue weighted by molar-refractivity contribution is -0.118. The van der Waals surface area contributed by atoms with Crippen molar-refractivity contribution in [2.24, 2.45) is 0 Å². The highest BCUT2D eigenvalue weighted by Crippen LogP contribution is 2.38. The Balaban J connectivity index is 2.16. The third-order valence-electron chi connectivity index (χ3n) is 2.55. The Morgan fingerprint density at radius 3 is 3.12 bits per heavy atom. The zero-order valence-electron chi connectivity index (χ0n) is 9.15. The molecule has 0 aliphatic carbocycles. The molecule has 0 saturated carbocycles. The molecule has 1 aliphatic heterocycles. The predicted molar refractivity (Wildman–Crippen MR) is 71.6 cm³/mol. The maximum Gasteiger partial charge on any atom is 0.143 e. The second kappa shape index (κ2) is 5.34. The monoisotopic (exact) mass is 299 g/mol. The first-order chi connectivity index (χ1) is 7.66. The van der Waals surface area contributed by atoms with Crippen LogP contribution < -0.4 is 0 Å². The smallest absolute Gasteiger partial charge is 0.143 e. The topological polar surface area (TPSA) is 20.3 Å². The number of hydrogen-bond donors (Lipinski definition) is 0. The number of carbonyl (C=O) groups excluding carboxylic acids is 1. The minimum absolute atomic E-state index is 0.238. The fourth-order valence-corrected chi connectivity index (χ4v) is 3.63. The predicted octanol–water partition coefficient (Wildman–Crippen LogP) is 3.09. The number of hydrogen-bond acceptors (Lipinski definition) is 3. The maximum atomic E-state index is 11.2. The molecule has 1 unspecified atom stereocenters. The van der Waals surface area contributed by atoms with E-state index in [1.54, 1.807) is 6.92 Å². The number of carbonyl (C=O) groups is 1. The molecule has 1 heterocycles. The Labute approximate surface area is 109 Å². The van der Waals surface area contributed by atoms with E-state index in [9.17, 15) is 4.79 Å². The molecular weight excluding hydrogens is 286 g/mol. The molecule has 0 radical (unpaired) electrons. The van der Waals surface area contributed by atoms with Crippen LogP contribution in [0, 0.1) is 0 Å². The van der Waals surface area contributed by atoms with Gasteiger partial charge in [-0.15, -0.1) is 11.8 Å². The van der Waals surface area contributed by atoms with E-state index in [0.29, 0.717) is 11.9 Å². The lowest BCUT2D eigenvalue weighted by Crippen LogP contribution is -2.28. The summed E-state index contributed by atoms with van der Waals surface area (Å²) in [6.45, 7) is 3.21. The van der Waals surface area contributed by atoms with Gasteiger partial charge in [-0.25, -0.2) is 0 Å². The first-order valence-corrected chi connectivity index (χ1v) is 7.11. The van der Waals surface area contributed by atoms with E-state index in [-0.39, 0.29) is 5.78 Å². The number of Topliss-reactive ketones (excluding diaryl/α,β-unsaturated/α-hetero) is 1. The highest BCUT2D eigenvalue weighted by atomic mass is 79.9. The molecule has 1 aromatic carbocycles. The van der Waals surface area contributed by atoms with E-state index >= 15 is 0 Å². The van der Waals surface area contributed by atoms with Crippen LogP contribution in [-0.2, 0) is 4.79 Å². The van der Waals surface area contributed by atoms with Gasteiger partial charge in [0.25, 0.3) is 0 Å². The highest BCUT2D eigenvalue weighted by Gasteiger charge is 2.27. The minimum atomic E-state index is 0.238. The number of benzene rings is 1. The lowest BCUT2D eigenvalue weighted by atomic mass is 10.2. The van der Waals surface area contributed by atoms with E-state index in [0.717, 1.165) is 16.8 Å². The van der Waals surface area contributed by atoms with Crippen LogP contribution in [-0.4, -0.2) is 29.5 Å². The SMILES string of the molecule is CC(=O)CN1CCSC1c1cccc(Br)c1. The molecule has 1 saturated heterocycles. The molecule has 0 N–H and O–H groups in total. The molecule has 1 atom stereocenters. The Bertz CT molecular complexity index is 396. The van der Waals surface area contributed by atoms with Gasteiger partial charge in [0.1, 0.15) is 5.78 Å². The van der Waals surface area contributed by atoms with Crippen LogP contribution >= 0.6 is 27.7 Å². The van der Waals surface area contributed by atoms with Crippen LogP contribution in [0.2, 0.25) is 0 Å². The normalized spacial score (nSPS) is 21.2.